The molecule has 0 saturated heterocycles. The summed E-state index contributed by atoms with van der Waals surface area (Å²) in [5, 5.41) is 0. The molecule has 0 fully saturated rings. The maximum Gasteiger partial charge on any atom is -0.0188 e. The van der Waals surface area contributed by atoms with Crippen LogP contribution in [0.5, 0.6) is 0 Å². The number of hydrogen-bond acceptors (Lipinski definition) is 0. The fourth-order valence-electron chi connectivity index (χ4n) is 2.13. The van der Waals surface area contributed by atoms with Crippen LogP contribution in [-0.2, 0) is 0 Å². The molecular weight excluding hydrogens is 180 g/mol. The van der Waals surface area contributed by atoms with Gasteiger partial charge in [0.05, 0.1) is 0 Å². The highest BCUT2D eigenvalue weighted by atomic mass is 14.1. The van der Waals surface area contributed by atoms with Crippen LogP contribution in [0, 0.1) is 12.8 Å². The van der Waals surface area contributed by atoms with E-state index in [1.54, 1.807) is 0 Å². The Balaban J connectivity index is 2.47. The summed E-state index contributed by atoms with van der Waals surface area (Å²) in [4.78, 5) is 0. The Morgan fingerprint density at radius 2 is 1.67 bits per heavy atom. The zero-order chi connectivity index (χ0) is 11.3. The molecule has 0 aliphatic rings. The van der Waals surface area contributed by atoms with Gasteiger partial charge in [0.15, 0.2) is 0 Å². The Labute approximate surface area is 94.7 Å². The molecule has 0 heteroatoms. The summed E-state index contributed by atoms with van der Waals surface area (Å²) in [6.45, 7) is 9.17. The van der Waals surface area contributed by atoms with Crippen LogP contribution < -0.4 is 0 Å². The van der Waals surface area contributed by atoms with Gasteiger partial charge in [-0.2, -0.15) is 0 Å². The number of rotatable bonds is 5. The minimum atomic E-state index is 0.713. The number of benzene rings is 1. The molecule has 0 bridgehead atoms. The molecule has 1 aromatic rings. The third-order valence-electron chi connectivity index (χ3n) is 3.14. The van der Waals surface area contributed by atoms with Crippen molar-refractivity contribution in [2.24, 2.45) is 5.92 Å². The highest BCUT2D eigenvalue weighted by Gasteiger charge is 2.07. The summed E-state index contributed by atoms with van der Waals surface area (Å²) in [5.74, 6) is 1.55. The maximum atomic E-state index is 2.35. The van der Waals surface area contributed by atoms with Crippen LogP contribution in [-0.4, -0.2) is 0 Å². The quantitative estimate of drug-likeness (QED) is 0.638. The molecule has 0 heterocycles. The highest BCUT2D eigenvalue weighted by Crippen LogP contribution is 2.24. The van der Waals surface area contributed by atoms with Gasteiger partial charge in [-0.15, -0.1) is 0 Å². The average Bonchev–Trinajstić information content (AvgIpc) is 2.17. The highest BCUT2D eigenvalue weighted by molar-refractivity contribution is 5.28. The molecule has 0 nitrogen and oxygen atoms in total. The lowest BCUT2D eigenvalue weighted by atomic mass is 9.91. The molecule has 0 spiro atoms. The smallest absolute Gasteiger partial charge is 0.0188 e. The van der Waals surface area contributed by atoms with Crippen molar-refractivity contribution in [3.8, 4) is 0 Å². The second-order valence-corrected chi connectivity index (χ2v) is 5.08. The molecule has 0 aliphatic heterocycles. The fraction of sp³-hybridized carbons (Fsp3) is 0.600. The van der Waals surface area contributed by atoms with Crippen LogP contribution >= 0.6 is 0 Å². The van der Waals surface area contributed by atoms with Crippen molar-refractivity contribution in [1.29, 1.82) is 0 Å². The molecule has 1 rings (SSSR count). The van der Waals surface area contributed by atoms with E-state index < -0.39 is 0 Å². The molecule has 0 aromatic heterocycles. The van der Waals surface area contributed by atoms with Crippen LogP contribution in [0.3, 0.4) is 0 Å². The van der Waals surface area contributed by atoms with Gasteiger partial charge in [0.2, 0.25) is 0 Å². The van der Waals surface area contributed by atoms with Crippen molar-refractivity contribution in [2.75, 3.05) is 0 Å². The van der Waals surface area contributed by atoms with E-state index in [4.69, 9.17) is 0 Å². The van der Waals surface area contributed by atoms with Gasteiger partial charge in [-0.25, -0.2) is 0 Å². The number of aryl methyl sites for hydroxylation is 1. The first-order chi connectivity index (χ1) is 7.11. The Morgan fingerprint density at radius 1 is 1.00 bits per heavy atom. The van der Waals surface area contributed by atoms with E-state index in [1.165, 1.54) is 30.4 Å². The normalized spacial score (nSPS) is 13.1. The minimum absolute atomic E-state index is 0.713. The fourth-order valence-corrected chi connectivity index (χ4v) is 2.13. The Morgan fingerprint density at radius 3 is 2.27 bits per heavy atom. The molecule has 0 aliphatic carbocycles. The molecule has 0 saturated carbocycles. The van der Waals surface area contributed by atoms with Gasteiger partial charge in [-0.3, -0.25) is 0 Å². The first-order valence-electron chi connectivity index (χ1n) is 6.16. The van der Waals surface area contributed by atoms with Gasteiger partial charge < -0.3 is 0 Å². The van der Waals surface area contributed by atoms with Crippen molar-refractivity contribution < 1.29 is 0 Å². The van der Waals surface area contributed by atoms with E-state index in [0.29, 0.717) is 5.92 Å². The van der Waals surface area contributed by atoms with E-state index in [-0.39, 0.29) is 0 Å². The maximum absolute atomic E-state index is 2.35. The second-order valence-electron chi connectivity index (χ2n) is 5.08. The van der Waals surface area contributed by atoms with Crippen molar-refractivity contribution in [2.45, 2.75) is 52.9 Å². The Bertz CT molecular complexity index is 286. The molecule has 0 N–H and O–H groups in total. The predicted molar refractivity (Wildman–Crippen MR) is 68.3 cm³/mol. The summed E-state index contributed by atoms with van der Waals surface area (Å²) in [5.41, 5.74) is 2.97. The third kappa shape index (κ3) is 4.07. The molecule has 84 valence electrons. The standard InChI is InChI=1S/C15H24/c1-12(2)8-7-10-14(4)15-11-6-5-9-13(15)3/h5-6,9,11-12,14H,7-8,10H2,1-4H3/t14-/m0/s1. The largest absolute Gasteiger partial charge is 0.0628 e. The first kappa shape index (κ1) is 12.3. The second kappa shape index (κ2) is 5.95. The van der Waals surface area contributed by atoms with Crippen LogP contribution in [0.15, 0.2) is 24.3 Å². The van der Waals surface area contributed by atoms with E-state index in [2.05, 4.69) is 52.0 Å². The summed E-state index contributed by atoms with van der Waals surface area (Å²) >= 11 is 0. The van der Waals surface area contributed by atoms with Crippen LogP contribution in [0.25, 0.3) is 0 Å². The molecule has 0 radical (unpaired) electrons. The zero-order valence-electron chi connectivity index (χ0n) is 10.6. The predicted octanol–water partition coefficient (Wildman–Crippen LogP) is 4.92. The lowest BCUT2D eigenvalue weighted by Gasteiger charge is -2.15. The molecule has 1 aromatic carbocycles. The summed E-state index contributed by atoms with van der Waals surface area (Å²) < 4.78 is 0. The molecule has 0 amide bonds. The summed E-state index contributed by atoms with van der Waals surface area (Å²) in [6.07, 6.45) is 4.03. The van der Waals surface area contributed by atoms with Crippen LogP contribution in [0.2, 0.25) is 0 Å². The molecular formula is C15H24. The zero-order valence-corrected chi connectivity index (χ0v) is 10.6. The topological polar surface area (TPSA) is 0 Å². The van der Waals surface area contributed by atoms with Gasteiger partial charge in [0.1, 0.15) is 0 Å². The summed E-state index contributed by atoms with van der Waals surface area (Å²) in [6, 6.07) is 8.77. The minimum Gasteiger partial charge on any atom is -0.0628 e. The summed E-state index contributed by atoms with van der Waals surface area (Å²) in [7, 11) is 0. The van der Waals surface area contributed by atoms with Crippen LogP contribution in [0.4, 0.5) is 0 Å². The van der Waals surface area contributed by atoms with E-state index >= 15 is 0 Å². The van der Waals surface area contributed by atoms with Crippen molar-refractivity contribution in [1.82, 2.24) is 0 Å². The molecule has 0 unspecified atom stereocenters. The molecule has 15 heavy (non-hydrogen) atoms. The monoisotopic (exact) mass is 204 g/mol. The van der Waals surface area contributed by atoms with Gasteiger partial charge in [0, 0.05) is 0 Å². The SMILES string of the molecule is Cc1ccccc1[C@@H](C)CCCC(C)C. The van der Waals surface area contributed by atoms with Gasteiger partial charge >= 0.3 is 0 Å². The first-order valence-corrected chi connectivity index (χ1v) is 6.16. The van der Waals surface area contributed by atoms with Crippen LogP contribution in [0.1, 0.15) is 57.1 Å². The van der Waals surface area contributed by atoms with E-state index in [1.807, 2.05) is 0 Å². The van der Waals surface area contributed by atoms with Gasteiger partial charge in [-0.1, -0.05) is 57.9 Å². The van der Waals surface area contributed by atoms with Gasteiger partial charge in [0.25, 0.3) is 0 Å². The Hall–Kier alpha value is -0.780. The van der Waals surface area contributed by atoms with E-state index in [9.17, 15) is 0 Å². The van der Waals surface area contributed by atoms with Crippen molar-refractivity contribution >= 4 is 0 Å². The third-order valence-corrected chi connectivity index (χ3v) is 3.14. The van der Waals surface area contributed by atoms with Gasteiger partial charge in [-0.05, 0) is 36.3 Å². The number of hydrogen-bond donors (Lipinski definition) is 0. The lowest BCUT2D eigenvalue weighted by Crippen LogP contribution is -1.97. The van der Waals surface area contributed by atoms with Crippen molar-refractivity contribution in [3.05, 3.63) is 35.4 Å². The Kier molecular flexibility index (Phi) is 4.87. The van der Waals surface area contributed by atoms with E-state index in [0.717, 1.165) is 5.92 Å². The van der Waals surface area contributed by atoms with Crippen molar-refractivity contribution in [3.63, 3.8) is 0 Å². The lowest BCUT2D eigenvalue weighted by molar-refractivity contribution is 0.512. The molecule has 1 atom stereocenters. The average molecular weight is 204 g/mol.